The third kappa shape index (κ3) is 3.12. The van der Waals surface area contributed by atoms with Crippen LogP contribution >= 0.6 is 0 Å². The highest BCUT2D eigenvalue weighted by Gasteiger charge is 2.25. The van der Waals surface area contributed by atoms with Crippen LogP contribution in [0.1, 0.15) is 11.1 Å². The summed E-state index contributed by atoms with van der Waals surface area (Å²) in [6.45, 7) is 3.24. The van der Waals surface area contributed by atoms with E-state index >= 15 is 0 Å². The molecule has 4 heteroatoms. The fourth-order valence-corrected chi connectivity index (χ4v) is 3.70. The van der Waals surface area contributed by atoms with Crippen molar-refractivity contribution >= 4 is 0 Å². The van der Waals surface area contributed by atoms with Crippen molar-refractivity contribution in [2.45, 2.75) is 13.8 Å². The molecule has 4 N–H and O–H groups in total. The van der Waals surface area contributed by atoms with E-state index in [2.05, 4.69) is 0 Å². The topological polar surface area (TPSA) is 80.9 Å². The van der Waals surface area contributed by atoms with Crippen molar-refractivity contribution in [2.75, 3.05) is 0 Å². The molecule has 0 saturated heterocycles. The highest BCUT2D eigenvalue weighted by Crippen LogP contribution is 2.52. The Labute approximate surface area is 175 Å². The first-order chi connectivity index (χ1) is 14.4. The maximum absolute atomic E-state index is 11.1. The van der Waals surface area contributed by atoms with Crippen LogP contribution in [0.15, 0.2) is 72.8 Å². The van der Waals surface area contributed by atoms with Gasteiger partial charge in [0.25, 0.3) is 0 Å². The molecule has 0 heterocycles. The molecule has 30 heavy (non-hydrogen) atoms. The normalized spacial score (nSPS) is 10.9. The van der Waals surface area contributed by atoms with Crippen molar-refractivity contribution in [3.05, 3.63) is 83.9 Å². The molecule has 0 amide bonds. The van der Waals surface area contributed by atoms with Crippen LogP contribution in [0.25, 0.3) is 33.4 Å². The minimum absolute atomic E-state index is 0.0358. The highest BCUT2D eigenvalue weighted by molar-refractivity contribution is 5.99. The lowest BCUT2D eigenvalue weighted by Crippen LogP contribution is -1.95. The zero-order valence-corrected chi connectivity index (χ0v) is 16.7. The lowest BCUT2D eigenvalue weighted by atomic mass is 9.85. The number of hydrogen-bond acceptors (Lipinski definition) is 4. The zero-order chi connectivity index (χ0) is 21.4. The molecule has 4 aromatic rings. The predicted octanol–water partition coefficient (Wildman–Crippen LogP) is 6.13. The van der Waals surface area contributed by atoms with Crippen LogP contribution in [0.4, 0.5) is 0 Å². The summed E-state index contributed by atoms with van der Waals surface area (Å²) < 4.78 is 0. The van der Waals surface area contributed by atoms with Crippen LogP contribution in [-0.4, -0.2) is 20.4 Å². The number of aromatic hydroxyl groups is 4. The third-order valence-electron chi connectivity index (χ3n) is 5.47. The van der Waals surface area contributed by atoms with Gasteiger partial charge in [0.15, 0.2) is 0 Å². The van der Waals surface area contributed by atoms with E-state index in [0.717, 1.165) is 11.1 Å². The van der Waals surface area contributed by atoms with Crippen molar-refractivity contribution in [1.29, 1.82) is 0 Å². The van der Waals surface area contributed by atoms with Crippen LogP contribution in [0.5, 0.6) is 23.0 Å². The SMILES string of the molecule is Cc1c(O)cc(-c2ccccc2)c(-c2c(-c3ccccc3)cc(O)c(C)c2O)c1O. The van der Waals surface area contributed by atoms with Gasteiger partial charge >= 0.3 is 0 Å². The number of rotatable bonds is 3. The van der Waals surface area contributed by atoms with E-state index in [1.807, 2.05) is 60.7 Å². The second-order valence-electron chi connectivity index (χ2n) is 7.32. The first kappa shape index (κ1) is 19.4. The average Bonchev–Trinajstić information content (AvgIpc) is 2.77. The van der Waals surface area contributed by atoms with Crippen molar-refractivity contribution in [3.8, 4) is 56.4 Å². The number of phenolic OH excluding ortho intramolecular Hbond substituents is 4. The van der Waals surface area contributed by atoms with Gasteiger partial charge in [0, 0.05) is 22.3 Å². The van der Waals surface area contributed by atoms with Gasteiger partial charge in [-0.2, -0.15) is 0 Å². The maximum Gasteiger partial charge on any atom is 0.130 e. The fraction of sp³-hybridized carbons (Fsp3) is 0.0769. The quantitative estimate of drug-likeness (QED) is 0.335. The van der Waals surface area contributed by atoms with E-state index in [4.69, 9.17) is 0 Å². The minimum Gasteiger partial charge on any atom is -0.508 e. The van der Waals surface area contributed by atoms with Gasteiger partial charge in [-0.1, -0.05) is 60.7 Å². The predicted molar refractivity (Wildman–Crippen MR) is 119 cm³/mol. The van der Waals surface area contributed by atoms with Gasteiger partial charge in [-0.3, -0.25) is 0 Å². The molecule has 0 atom stereocenters. The Morgan fingerprint density at radius 1 is 0.500 bits per heavy atom. The Balaban J connectivity index is 2.17. The Morgan fingerprint density at radius 3 is 1.17 bits per heavy atom. The first-order valence-electron chi connectivity index (χ1n) is 9.62. The molecule has 4 nitrogen and oxygen atoms in total. The van der Waals surface area contributed by atoms with E-state index in [-0.39, 0.29) is 23.0 Å². The summed E-state index contributed by atoms with van der Waals surface area (Å²) in [5.41, 5.74) is 4.14. The second kappa shape index (κ2) is 7.48. The molecular formula is C26H22O4. The molecule has 0 aromatic heterocycles. The van der Waals surface area contributed by atoms with Crippen LogP contribution < -0.4 is 0 Å². The van der Waals surface area contributed by atoms with E-state index in [0.29, 0.717) is 33.4 Å². The molecule has 0 aliphatic carbocycles. The minimum atomic E-state index is -0.119. The summed E-state index contributed by atoms with van der Waals surface area (Å²) in [6.07, 6.45) is 0. The van der Waals surface area contributed by atoms with E-state index in [1.165, 1.54) is 0 Å². The molecule has 0 aliphatic rings. The summed E-state index contributed by atoms with van der Waals surface area (Å²) >= 11 is 0. The summed E-state index contributed by atoms with van der Waals surface area (Å²) in [6, 6.07) is 21.9. The van der Waals surface area contributed by atoms with Gasteiger partial charge < -0.3 is 20.4 Å². The number of phenols is 4. The highest BCUT2D eigenvalue weighted by atomic mass is 16.3. The maximum atomic E-state index is 11.1. The van der Waals surface area contributed by atoms with Gasteiger partial charge in [0.05, 0.1) is 0 Å². The van der Waals surface area contributed by atoms with Gasteiger partial charge in [-0.25, -0.2) is 0 Å². The first-order valence-corrected chi connectivity index (χ1v) is 9.62. The standard InChI is InChI=1S/C26H22O4/c1-15-21(27)13-19(17-9-5-3-6-10-17)23(25(15)29)24-20(18-11-7-4-8-12-18)14-22(28)16(2)26(24)30/h3-14,27-30H,1-2H3. The van der Waals surface area contributed by atoms with Gasteiger partial charge in [-0.05, 0) is 48.2 Å². The molecule has 0 spiro atoms. The number of hydrogen-bond donors (Lipinski definition) is 4. The van der Waals surface area contributed by atoms with Gasteiger partial charge in [0.2, 0.25) is 0 Å². The molecule has 150 valence electrons. The van der Waals surface area contributed by atoms with E-state index in [9.17, 15) is 20.4 Å². The molecule has 0 aliphatic heterocycles. The summed E-state index contributed by atoms with van der Waals surface area (Å²) in [5.74, 6) is -0.310. The van der Waals surface area contributed by atoms with Crippen molar-refractivity contribution in [2.24, 2.45) is 0 Å². The average molecular weight is 398 g/mol. The van der Waals surface area contributed by atoms with Crippen molar-refractivity contribution in [1.82, 2.24) is 0 Å². The van der Waals surface area contributed by atoms with Crippen LogP contribution in [0.2, 0.25) is 0 Å². The Hall–Kier alpha value is -3.92. The van der Waals surface area contributed by atoms with Gasteiger partial charge in [0.1, 0.15) is 23.0 Å². The molecule has 0 unspecified atom stereocenters. The summed E-state index contributed by atoms with van der Waals surface area (Å²) in [4.78, 5) is 0. The van der Waals surface area contributed by atoms with E-state index < -0.39 is 0 Å². The lowest BCUT2D eigenvalue weighted by Gasteiger charge is -2.21. The molecule has 0 radical (unpaired) electrons. The smallest absolute Gasteiger partial charge is 0.130 e. The molecule has 4 aromatic carbocycles. The molecule has 4 rings (SSSR count). The lowest BCUT2D eigenvalue weighted by molar-refractivity contribution is 0.439. The van der Waals surface area contributed by atoms with Crippen molar-refractivity contribution < 1.29 is 20.4 Å². The Kier molecular flexibility index (Phi) is 4.84. The molecule has 0 saturated carbocycles. The second-order valence-corrected chi connectivity index (χ2v) is 7.32. The molecule has 0 bridgehead atoms. The monoisotopic (exact) mass is 398 g/mol. The van der Waals surface area contributed by atoms with Crippen LogP contribution in [-0.2, 0) is 0 Å². The number of benzene rings is 4. The van der Waals surface area contributed by atoms with Crippen molar-refractivity contribution in [3.63, 3.8) is 0 Å². The van der Waals surface area contributed by atoms with Gasteiger partial charge in [-0.15, -0.1) is 0 Å². The largest absolute Gasteiger partial charge is 0.508 e. The fourth-order valence-electron chi connectivity index (χ4n) is 3.70. The van der Waals surface area contributed by atoms with Crippen LogP contribution in [0.3, 0.4) is 0 Å². The summed E-state index contributed by atoms with van der Waals surface area (Å²) in [7, 11) is 0. The molecular weight excluding hydrogens is 376 g/mol. The summed E-state index contributed by atoms with van der Waals surface area (Å²) in [5, 5.41) is 43.0. The zero-order valence-electron chi connectivity index (χ0n) is 16.7. The van der Waals surface area contributed by atoms with E-state index in [1.54, 1.807) is 26.0 Å². The Bertz CT molecular complexity index is 1130. The molecule has 0 fully saturated rings. The Morgan fingerprint density at radius 2 is 0.833 bits per heavy atom. The third-order valence-corrected chi connectivity index (χ3v) is 5.47. The van der Waals surface area contributed by atoms with Crippen LogP contribution in [0, 0.1) is 13.8 Å².